The minimum Gasteiger partial charge on any atom is -0.399 e. The largest absolute Gasteiger partial charge is 0.399 e. The van der Waals surface area contributed by atoms with E-state index in [0.29, 0.717) is 0 Å². The first kappa shape index (κ1) is 18.6. The Hall–Kier alpha value is -0.770. The Kier molecular flexibility index (Phi) is 7.19. The van der Waals surface area contributed by atoms with E-state index < -0.39 is 0 Å². The summed E-state index contributed by atoms with van der Waals surface area (Å²) in [6.45, 7) is 3.80. The van der Waals surface area contributed by atoms with Crippen LogP contribution in [0, 0.1) is 0 Å². The molecular weight excluding hydrogens is 306 g/mol. The van der Waals surface area contributed by atoms with Crippen molar-refractivity contribution in [2.75, 3.05) is 32.4 Å². The van der Waals surface area contributed by atoms with Crippen molar-refractivity contribution < 1.29 is 0 Å². The molecule has 4 heteroatoms. The fourth-order valence-electron chi connectivity index (χ4n) is 4.26. The van der Waals surface area contributed by atoms with E-state index in [2.05, 4.69) is 29.0 Å². The Morgan fingerprint density at radius 1 is 1.04 bits per heavy atom. The highest BCUT2D eigenvalue weighted by Crippen LogP contribution is 2.29. The summed E-state index contributed by atoms with van der Waals surface area (Å²) in [4.78, 5) is 5.39. The zero-order valence-electron chi connectivity index (χ0n) is 14.4. The standard InChI is InChI=1S/C19H31N3.ClH/c1-21(15-12-16-8-10-17(20)11-9-16)18-6-2-3-7-19(18)22-13-4-5-14-22;/h8-11,18-19H,2-7,12-15,20H2,1H3;1H/t18-,19+;/m0./s1. The van der Waals surface area contributed by atoms with Crippen LogP contribution in [0.3, 0.4) is 0 Å². The maximum Gasteiger partial charge on any atom is 0.0314 e. The topological polar surface area (TPSA) is 32.5 Å². The molecule has 3 rings (SSSR count). The van der Waals surface area contributed by atoms with Crippen LogP contribution in [0.25, 0.3) is 0 Å². The number of likely N-dealkylation sites (tertiary alicyclic amines) is 1. The summed E-state index contributed by atoms with van der Waals surface area (Å²) in [5.41, 5.74) is 8.03. The van der Waals surface area contributed by atoms with Crippen LogP contribution in [0.15, 0.2) is 24.3 Å². The van der Waals surface area contributed by atoms with Gasteiger partial charge in [0.25, 0.3) is 0 Å². The molecule has 2 aliphatic rings. The molecule has 2 fully saturated rings. The first-order valence-electron chi connectivity index (χ1n) is 9.03. The number of hydrogen-bond donors (Lipinski definition) is 1. The first-order chi connectivity index (χ1) is 10.7. The van der Waals surface area contributed by atoms with Crippen molar-refractivity contribution in [2.45, 2.75) is 57.0 Å². The number of nitrogens with zero attached hydrogens (tertiary/aromatic N) is 2. The summed E-state index contributed by atoms with van der Waals surface area (Å²) in [6, 6.07) is 9.92. The second-order valence-corrected chi connectivity index (χ2v) is 7.13. The lowest BCUT2D eigenvalue weighted by Crippen LogP contribution is -2.51. The van der Waals surface area contributed by atoms with Gasteiger partial charge in [-0.2, -0.15) is 0 Å². The van der Waals surface area contributed by atoms with Gasteiger partial charge in [-0.05, 0) is 69.9 Å². The zero-order chi connectivity index (χ0) is 15.4. The van der Waals surface area contributed by atoms with Crippen molar-refractivity contribution >= 4 is 18.1 Å². The lowest BCUT2D eigenvalue weighted by atomic mass is 9.88. The van der Waals surface area contributed by atoms with Crippen LogP contribution in [-0.2, 0) is 6.42 Å². The molecule has 0 radical (unpaired) electrons. The van der Waals surface area contributed by atoms with Crippen molar-refractivity contribution in [3.05, 3.63) is 29.8 Å². The number of hydrogen-bond acceptors (Lipinski definition) is 3. The van der Waals surface area contributed by atoms with Crippen LogP contribution in [0.5, 0.6) is 0 Å². The van der Waals surface area contributed by atoms with Crippen LogP contribution in [0.4, 0.5) is 5.69 Å². The second-order valence-electron chi connectivity index (χ2n) is 7.13. The number of benzene rings is 1. The van der Waals surface area contributed by atoms with E-state index in [1.54, 1.807) is 0 Å². The molecule has 0 spiro atoms. The molecule has 0 unspecified atom stereocenters. The van der Waals surface area contributed by atoms with Crippen molar-refractivity contribution in [2.24, 2.45) is 0 Å². The van der Waals surface area contributed by atoms with Crippen LogP contribution < -0.4 is 5.73 Å². The van der Waals surface area contributed by atoms with Gasteiger partial charge in [0.2, 0.25) is 0 Å². The second kappa shape index (κ2) is 8.91. The number of likely N-dealkylation sites (N-methyl/N-ethyl adjacent to an activating group) is 1. The van der Waals surface area contributed by atoms with Gasteiger partial charge in [0.05, 0.1) is 0 Å². The van der Waals surface area contributed by atoms with Gasteiger partial charge in [-0.15, -0.1) is 12.4 Å². The van der Waals surface area contributed by atoms with Gasteiger partial charge in [0.15, 0.2) is 0 Å². The monoisotopic (exact) mass is 337 g/mol. The van der Waals surface area contributed by atoms with Crippen molar-refractivity contribution in [3.63, 3.8) is 0 Å². The fraction of sp³-hybridized carbons (Fsp3) is 0.684. The van der Waals surface area contributed by atoms with Gasteiger partial charge in [-0.25, -0.2) is 0 Å². The van der Waals surface area contributed by atoms with E-state index >= 15 is 0 Å². The maximum atomic E-state index is 5.77. The predicted molar refractivity (Wildman–Crippen MR) is 101 cm³/mol. The molecule has 1 saturated carbocycles. The Bertz CT molecular complexity index is 456. The molecule has 2 atom stereocenters. The minimum absolute atomic E-state index is 0. The third-order valence-corrected chi connectivity index (χ3v) is 5.60. The summed E-state index contributed by atoms with van der Waals surface area (Å²) < 4.78 is 0. The molecule has 0 amide bonds. The number of anilines is 1. The molecule has 1 aromatic carbocycles. The average molecular weight is 338 g/mol. The first-order valence-corrected chi connectivity index (χ1v) is 9.03. The van der Waals surface area contributed by atoms with Gasteiger partial charge >= 0.3 is 0 Å². The van der Waals surface area contributed by atoms with Crippen molar-refractivity contribution in [1.82, 2.24) is 9.80 Å². The number of nitrogen functional groups attached to an aromatic ring is 1. The van der Waals surface area contributed by atoms with Crippen molar-refractivity contribution in [3.8, 4) is 0 Å². The van der Waals surface area contributed by atoms with Crippen LogP contribution in [0.1, 0.15) is 44.1 Å². The van der Waals surface area contributed by atoms with E-state index in [1.165, 1.54) is 57.2 Å². The summed E-state index contributed by atoms with van der Waals surface area (Å²) >= 11 is 0. The van der Waals surface area contributed by atoms with Crippen LogP contribution in [0.2, 0.25) is 0 Å². The van der Waals surface area contributed by atoms with Crippen molar-refractivity contribution in [1.29, 1.82) is 0 Å². The van der Waals surface area contributed by atoms with Gasteiger partial charge in [-0.3, -0.25) is 4.90 Å². The zero-order valence-corrected chi connectivity index (χ0v) is 15.2. The van der Waals surface area contributed by atoms with Crippen LogP contribution >= 0.6 is 12.4 Å². The van der Waals surface area contributed by atoms with Gasteiger partial charge < -0.3 is 10.6 Å². The smallest absolute Gasteiger partial charge is 0.0314 e. The normalized spacial score (nSPS) is 25.5. The number of nitrogens with two attached hydrogens (primary N) is 1. The molecule has 1 aliphatic carbocycles. The molecule has 0 aromatic heterocycles. The van der Waals surface area contributed by atoms with Gasteiger partial charge in [0.1, 0.15) is 0 Å². The lowest BCUT2D eigenvalue weighted by molar-refractivity contribution is 0.0771. The van der Waals surface area contributed by atoms with E-state index in [-0.39, 0.29) is 12.4 Å². The molecule has 1 aliphatic heterocycles. The quantitative estimate of drug-likeness (QED) is 0.834. The van der Waals surface area contributed by atoms with E-state index in [1.807, 2.05) is 12.1 Å². The van der Waals surface area contributed by atoms with E-state index in [4.69, 9.17) is 5.73 Å². The number of halogens is 1. The molecule has 2 N–H and O–H groups in total. The van der Waals surface area contributed by atoms with E-state index in [9.17, 15) is 0 Å². The van der Waals surface area contributed by atoms with E-state index in [0.717, 1.165) is 30.7 Å². The Balaban J connectivity index is 0.00000192. The number of rotatable bonds is 5. The third kappa shape index (κ3) is 4.85. The lowest BCUT2D eigenvalue weighted by Gasteiger charge is -2.42. The SMILES string of the molecule is CN(CCc1ccc(N)cc1)[C@H]1CCCC[C@H]1N1CCCC1.Cl. The Morgan fingerprint density at radius 3 is 2.39 bits per heavy atom. The molecular formula is C19H32ClN3. The maximum absolute atomic E-state index is 5.77. The average Bonchev–Trinajstić information content (AvgIpc) is 3.08. The Morgan fingerprint density at radius 2 is 1.70 bits per heavy atom. The molecule has 0 bridgehead atoms. The molecule has 130 valence electrons. The summed E-state index contributed by atoms with van der Waals surface area (Å²) in [6.07, 6.45) is 9.53. The van der Waals surface area contributed by atoms with Gasteiger partial charge in [0, 0.05) is 24.3 Å². The minimum atomic E-state index is 0. The molecule has 1 aromatic rings. The van der Waals surface area contributed by atoms with Gasteiger partial charge in [-0.1, -0.05) is 25.0 Å². The third-order valence-electron chi connectivity index (χ3n) is 5.60. The molecule has 1 saturated heterocycles. The molecule has 3 nitrogen and oxygen atoms in total. The van der Waals surface area contributed by atoms with Crippen LogP contribution in [-0.4, -0.2) is 48.6 Å². The summed E-state index contributed by atoms with van der Waals surface area (Å²) in [7, 11) is 2.33. The summed E-state index contributed by atoms with van der Waals surface area (Å²) in [5, 5.41) is 0. The highest BCUT2D eigenvalue weighted by molar-refractivity contribution is 5.85. The Labute approximate surface area is 147 Å². The summed E-state index contributed by atoms with van der Waals surface area (Å²) in [5.74, 6) is 0. The predicted octanol–water partition coefficient (Wildman–Crippen LogP) is 3.57. The molecule has 1 heterocycles. The highest BCUT2D eigenvalue weighted by atomic mass is 35.5. The highest BCUT2D eigenvalue weighted by Gasteiger charge is 2.33. The fourth-order valence-corrected chi connectivity index (χ4v) is 4.26. The molecule has 23 heavy (non-hydrogen) atoms.